The van der Waals surface area contributed by atoms with Crippen LogP contribution in [0.15, 0.2) is 18.2 Å². The van der Waals surface area contributed by atoms with Crippen LogP contribution in [-0.2, 0) is 4.74 Å². The van der Waals surface area contributed by atoms with Crippen molar-refractivity contribution in [3.05, 3.63) is 27.5 Å². The fourth-order valence-electron chi connectivity index (χ4n) is 1.35. The van der Waals surface area contributed by atoms with Crippen molar-refractivity contribution in [3.8, 4) is 0 Å². The van der Waals surface area contributed by atoms with Crippen LogP contribution in [0.2, 0.25) is 0 Å². The van der Waals surface area contributed by atoms with Gasteiger partial charge >= 0.3 is 5.97 Å². The van der Waals surface area contributed by atoms with E-state index in [9.17, 15) is 4.79 Å². The molecule has 0 bridgehead atoms. The van der Waals surface area contributed by atoms with E-state index in [2.05, 4.69) is 32.8 Å². The summed E-state index contributed by atoms with van der Waals surface area (Å²) in [5.74, 6) is -0.384. The molecule has 0 saturated carbocycles. The molecule has 4 nitrogen and oxygen atoms in total. The lowest BCUT2D eigenvalue weighted by molar-refractivity contribution is 0.0521. The summed E-state index contributed by atoms with van der Waals surface area (Å²) >= 11 is 2.21. The van der Waals surface area contributed by atoms with Crippen LogP contribution in [0.1, 0.15) is 17.4 Å². The number of hydrogen-bond donors (Lipinski definition) is 1. The monoisotopic (exact) mass is 316 g/mol. The number of halogens is 1. The summed E-state index contributed by atoms with van der Waals surface area (Å²) in [5, 5.41) is 7.56. The quantitative estimate of drug-likeness (QED) is 0.683. The highest BCUT2D eigenvalue weighted by atomic mass is 127. The maximum Gasteiger partial charge on any atom is 0.359 e. The van der Waals surface area contributed by atoms with E-state index in [1.54, 1.807) is 6.92 Å². The van der Waals surface area contributed by atoms with Crippen molar-refractivity contribution in [3.63, 3.8) is 0 Å². The van der Waals surface area contributed by atoms with Crippen molar-refractivity contribution in [2.45, 2.75) is 6.92 Å². The number of aromatic nitrogens is 2. The average Bonchev–Trinajstić information content (AvgIpc) is 2.60. The Hall–Kier alpha value is -1.11. The number of carbonyl (C=O) groups excluding carboxylic acids is 1. The lowest BCUT2D eigenvalue weighted by Crippen LogP contribution is -2.05. The number of fused-ring (bicyclic) bond motifs is 1. The molecule has 0 atom stereocenters. The molecule has 0 fully saturated rings. The van der Waals surface area contributed by atoms with E-state index in [1.807, 2.05) is 18.2 Å². The van der Waals surface area contributed by atoms with Gasteiger partial charge in [-0.25, -0.2) is 4.79 Å². The molecular weight excluding hydrogens is 307 g/mol. The van der Waals surface area contributed by atoms with E-state index in [1.165, 1.54) is 0 Å². The standard InChI is InChI=1S/C10H9IN2O2/c1-2-15-10(14)9-7-4-3-6(11)5-8(7)12-13-9/h3-5H,2H2,1H3,(H,12,13). The van der Waals surface area contributed by atoms with Crippen LogP contribution in [-0.4, -0.2) is 22.8 Å². The van der Waals surface area contributed by atoms with E-state index in [0.717, 1.165) is 14.5 Å². The number of esters is 1. The number of aromatic amines is 1. The van der Waals surface area contributed by atoms with Crippen LogP contribution in [0.5, 0.6) is 0 Å². The van der Waals surface area contributed by atoms with Gasteiger partial charge in [-0.1, -0.05) is 0 Å². The molecule has 2 aromatic rings. The summed E-state index contributed by atoms with van der Waals surface area (Å²) in [6, 6.07) is 5.74. The number of benzene rings is 1. The zero-order valence-electron chi connectivity index (χ0n) is 8.08. The first-order chi connectivity index (χ1) is 7.22. The van der Waals surface area contributed by atoms with Gasteiger partial charge in [0.2, 0.25) is 0 Å². The third-order valence-corrected chi connectivity index (χ3v) is 2.66. The van der Waals surface area contributed by atoms with Crippen molar-refractivity contribution in [2.24, 2.45) is 0 Å². The van der Waals surface area contributed by atoms with Gasteiger partial charge in [-0.2, -0.15) is 5.10 Å². The van der Waals surface area contributed by atoms with Crippen molar-refractivity contribution in [2.75, 3.05) is 6.61 Å². The SMILES string of the molecule is CCOC(=O)c1n[nH]c2cc(I)ccc12. The highest BCUT2D eigenvalue weighted by Gasteiger charge is 2.14. The average molecular weight is 316 g/mol. The molecule has 15 heavy (non-hydrogen) atoms. The van der Waals surface area contributed by atoms with Crippen LogP contribution in [0.3, 0.4) is 0 Å². The first-order valence-corrected chi connectivity index (χ1v) is 5.61. The first-order valence-electron chi connectivity index (χ1n) is 4.53. The molecule has 78 valence electrons. The predicted octanol–water partition coefficient (Wildman–Crippen LogP) is 2.34. The van der Waals surface area contributed by atoms with Gasteiger partial charge in [0.1, 0.15) is 0 Å². The Morgan fingerprint density at radius 2 is 2.40 bits per heavy atom. The summed E-state index contributed by atoms with van der Waals surface area (Å²) in [6.07, 6.45) is 0. The van der Waals surface area contributed by atoms with Crippen LogP contribution in [0, 0.1) is 3.57 Å². The van der Waals surface area contributed by atoms with Gasteiger partial charge in [-0.15, -0.1) is 0 Å². The lowest BCUT2D eigenvalue weighted by atomic mass is 10.2. The number of carbonyl (C=O) groups is 1. The summed E-state index contributed by atoms with van der Waals surface area (Å²) < 4.78 is 6.00. The van der Waals surface area contributed by atoms with E-state index in [4.69, 9.17) is 4.74 Å². The Balaban J connectivity index is 2.49. The van der Waals surface area contributed by atoms with Gasteiger partial charge in [-0.05, 0) is 47.7 Å². The molecule has 2 rings (SSSR count). The smallest absolute Gasteiger partial charge is 0.359 e. The Kier molecular flexibility index (Phi) is 2.90. The number of ether oxygens (including phenoxy) is 1. The highest BCUT2D eigenvalue weighted by Crippen LogP contribution is 2.19. The highest BCUT2D eigenvalue weighted by molar-refractivity contribution is 14.1. The summed E-state index contributed by atoms with van der Waals surface area (Å²) in [6.45, 7) is 2.13. The number of H-pyrrole nitrogens is 1. The van der Waals surface area contributed by atoms with Gasteiger partial charge in [0.05, 0.1) is 12.1 Å². The molecule has 0 aliphatic carbocycles. The Morgan fingerprint density at radius 3 is 3.13 bits per heavy atom. The van der Waals surface area contributed by atoms with Crippen LogP contribution >= 0.6 is 22.6 Å². The molecular formula is C10H9IN2O2. The van der Waals surface area contributed by atoms with Crippen LogP contribution in [0.25, 0.3) is 10.9 Å². The number of nitrogens with one attached hydrogen (secondary N) is 1. The van der Waals surface area contributed by atoms with Gasteiger partial charge in [0, 0.05) is 8.96 Å². The topological polar surface area (TPSA) is 55.0 Å². The summed E-state index contributed by atoms with van der Waals surface area (Å²) in [5.41, 5.74) is 1.20. The Labute approximate surface area is 100 Å². The molecule has 0 radical (unpaired) electrons. The molecule has 1 heterocycles. The summed E-state index contributed by atoms with van der Waals surface area (Å²) in [4.78, 5) is 11.5. The van der Waals surface area contributed by atoms with Gasteiger partial charge in [0.25, 0.3) is 0 Å². The fraction of sp³-hybridized carbons (Fsp3) is 0.200. The molecule has 0 spiro atoms. The molecule has 0 saturated heterocycles. The van der Waals surface area contributed by atoms with Crippen LogP contribution in [0.4, 0.5) is 0 Å². The number of nitrogens with zero attached hydrogens (tertiary/aromatic N) is 1. The predicted molar refractivity (Wildman–Crippen MR) is 64.8 cm³/mol. The fourth-order valence-corrected chi connectivity index (χ4v) is 1.84. The lowest BCUT2D eigenvalue weighted by Gasteiger charge is -1.97. The third-order valence-electron chi connectivity index (χ3n) is 1.99. The van der Waals surface area contributed by atoms with Crippen molar-refractivity contribution in [1.82, 2.24) is 10.2 Å². The Bertz CT molecular complexity index is 507. The maximum absolute atomic E-state index is 11.5. The zero-order valence-corrected chi connectivity index (χ0v) is 10.2. The number of hydrogen-bond acceptors (Lipinski definition) is 3. The minimum absolute atomic E-state index is 0.350. The maximum atomic E-state index is 11.5. The van der Waals surface area contributed by atoms with E-state index in [-0.39, 0.29) is 5.97 Å². The van der Waals surface area contributed by atoms with Crippen molar-refractivity contribution < 1.29 is 9.53 Å². The molecule has 1 aromatic heterocycles. The van der Waals surface area contributed by atoms with Gasteiger partial charge in [0.15, 0.2) is 5.69 Å². The molecule has 0 aliphatic heterocycles. The zero-order chi connectivity index (χ0) is 10.8. The second kappa shape index (κ2) is 4.18. The van der Waals surface area contributed by atoms with E-state index < -0.39 is 0 Å². The molecule has 1 aromatic carbocycles. The van der Waals surface area contributed by atoms with E-state index in [0.29, 0.717) is 12.3 Å². The molecule has 1 N–H and O–H groups in total. The first kappa shape index (κ1) is 10.4. The number of rotatable bonds is 2. The minimum atomic E-state index is -0.384. The van der Waals surface area contributed by atoms with E-state index >= 15 is 0 Å². The van der Waals surface area contributed by atoms with Gasteiger partial charge < -0.3 is 4.74 Å². The molecule has 0 amide bonds. The largest absolute Gasteiger partial charge is 0.461 e. The molecule has 0 aliphatic rings. The summed E-state index contributed by atoms with van der Waals surface area (Å²) in [7, 11) is 0. The third kappa shape index (κ3) is 1.97. The minimum Gasteiger partial charge on any atom is -0.461 e. The van der Waals surface area contributed by atoms with Gasteiger partial charge in [-0.3, -0.25) is 5.10 Å². The second-order valence-electron chi connectivity index (χ2n) is 2.98. The Morgan fingerprint density at radius 1 is 1.60 bits per heavy atom. The van der Waals surface area contributed by atoms with Crippen molar-refractivity contribution >= 4 is 39.5 Å². The normalized spacial score (nSPS) is 10.5. The molecule has 0 unspecified atom stereocenters. The van der Waals surface area contributed by atoms with Crippen molar-refractivity contribution in [1.29, 1.82) is 0 Å². The molecule has 5 heteroatoms. The van der Waals surface area contributed by atoms with Crippen LogP contribution < -0.4 is 0 Å². The second-order valence-corrected chi connectivity index (χ2v) is 4.23.